The first-order valence-electron chi connectivity index (χ1n) is 3.56. The van der Waals surface area contributed by atoms with Crippen LogP contribution in [0.2, 0.25) is 0 Å². The molecule has 0 atom stereocenters. The smallest absolute Gasteiger partial charge is 0.0900 e. The standard InChI is InChI=1S/C8H14/c1-2-5-8-6-3-4-7-8/h1-7H2. The van der Waals surface area contributed by atoms with Gasteiger partial charge in [-0.15, -0.1) is 6.42 Å². The van der Waals surface area contributed by atoms with Gasteiger partial charge < -0.3 is 6.92 Å². The van der Waals surface area contributed by atoms with Gasteiger partial charge in [-0.3, -0.25) is 0 Å². The Balaban J connectivity index is 2.06. The molecule has 0 nitrogen and oxygen atoms in total. The van der Waals surface area contributed by atoms with Crippen molar-refractivity contribution in [1.82, 2.24) is 0 Å². The summed E-state index contributed by atoms with van der Waals surface area (Å²) in [5, 5.41) is 0. The topological polar surface area (TPSA) is 0 Å². The van der Waals surface area contributed by atoms with E-state index in [0.717, 1.165) is 6.42 Å². The van der Waals surface area contributed by atoms with Gasteiger partial charge in [0.05, 0.1) is 25.2 Å². The lowest BCUT2D eigenvalue weighted by molar-refractivity contribution is 0.768. The van der Waals surface area contributed by atoms with Crippen LogP contribution in [0.3, 0.4) is 0 Å². The summed E-state index contributed by atoms with van der Waals surface area (Å²) in [4.78, 5) is 0. The van der Waals surface area contributed by atoms with Crippen LogP contribution >= 0.6 is 0 Å². The molecule has 0 N–H and O–H groups in total. The van der Waals surface area contributed by atoms with Gasteiger partial charge in [-0.1, -0.05) is 0 Å². The molecule has 1 saturated carbocycles. The van der Waals surface area contributed by atoms with Crippen molar-refractivity contribution in [3.8, 4) is 0 Å². The van der Waals surface area contributed by atoms with Crippen LogP contribution in [0.4, 0.5) is 0 Å². The maximum atomic E-state index is 3.83. The molecule has 0 aliphatic heterocycles. The normalized spacial score (nSPS) is 19.9. The highest BCUT2D eigenvalue weighted by atomic mass is 14.2. The summed E-state index contributed by atoms with van der Waals surface area (Å²) in [7, 11) is 0. The first kappa shape index (κ1) is 6.00. The highest BCUT2D eigenvalue weighted by Gasteiger charge is 2.22. The Morgan fingerprint density at radius 1 is 1.25 bits per heavy atom. The zero-order chi connectivity index (χ0) is 5.82. The lowest BCUT2D eigenvalue weighted by Gasteiger charge is -1.95. The summed E-state index contributed by atoms with van der Waals surface area (Å²) >= 11 is 0. The average Bonchev–Trinajstić information content (AvgIpc) is 2.19. The van der Waals surface area contributed by atoms with Crippen LogP contribution < -0.4 is 0 Å². The second kappa shape index (κ2) is 3.01. The molecular formula is C8H14. The van der Waals surface area contributed by atoms with E-state index in [4.69, 9.17) is 0 Å². The van der Waals surface area contributed by atoms with Crippen LogP contribution in [0.15, 0.2) is 0 Å². The Hall–Kier alpha value is -0.130. The van der Waals surface area contributed by atoms with Crippen LogP contribution in [0.5, 0.6) is 0 Å². The SMILES string of the molecule is [CH2-]CC[C+]1CCCC1. The molecular weight excluding hydrogens is 96.1 g/mol. The predicted molar refractivity (Wildman–Crippen MR) is 36.3 cm³/mol. The van der Waals surface area contributed by atoms with E-state index in [0.29, 0.717) is 0 Å². The molecule has 1 aliphatic rings. The number of rotatable bonds is 2. The minimum absolute atomic E-state index is 1.11. The predicted octanol–water partition coefficient (Wildman–Crippen LogP) is 2.75. The third-order valence-electron chi connectivity index (χ3n) is 1.84. The van der Waals surface area contributed by atoms with E-state index >= 15 is 0 Å². The summed E-state index contributed by atoms with van der Waals surface area (Å²) in [6.45, 7) is 3.83. The minimum Gasteiger partial charge on any atom is -0.339 e. The van der Waals surface area contributed by atoms with E-state index in [2.05, 4.69) is 6.92 Å². The van der Waals surface area contributed by atoms with E-state index < -0.39 is 0 Å². The van der Waals surface area contributed by atoms with Crippen molar-refractivity contribution in [2.45, 2.75) is 38.5 Å². The molecule has 0 aromatic carbocycles. The maximum absolute atomic E-state index is 3.83. The minimum atomic E-state index is 1.11. The van der Waals surface area contributed by atoms with Crippen LogP contribution in [0.1, 0.15) is 38.5 Å². The van der Waals surface area contributed by atoms with Crippen molar-refractivity contribution >= 4 is 0 Å². The Kier molecular flexibility index (Phi) is 2.26. The third-order valence-corrected chi connectivity index (χ3v) is 1.84. The van der Waals surface area contributed by atoms with Crippen LogP contribution in [0, 0.1) is 12.8 Å². The van der Waals surface area contributed by atoms with Crippen molar-refractivity contribution in [2.75, 3.05) is 0 Å². The van der Waals surface area contributed by atoms with Gasteiger partial charge in [-0.05, 0) is 12.8 Å². The molecule has 8 heavy (non-hydrogen) atoms. The lowest BCUT2D eigenvalue weighted by atomic mass is 10.0. The Morgan fingerprint density at radius 3 is 2.38 bits per heavy atom. The number of hydrogen-bond donors (Lipinski definition) is 0. The van der Waals surface area contributed by atoms with Gasteiger partial charge >= 0.3 is 0 Å². The molecule has 0 amide bonds. The molecule has 0 radical (unpaired) electrons. The molecule has 0 unspecified atom stereocenters. The van der Waals surface area contributed by atoms with Gasteiger partial charge in [0.1, 0.15) is 0 Å². The van der Waals surface area contributed by atoms with Gasteiger partial charge in [0, 0.05) is 0 Å². The highest BCUT2D eigenvalue weighted by molar-refractivity contribution is 4.93. The first-order valence-corrected chi connectivity index (χ1v) is 3.56. The average molecular weight is 110 g/mol. The van der Waals surface area contributed by atoms with Gasteiger partial charge in [0.25, 0.3) is 0 Å². The fourth-order valence-electron chi connectivity index (χ4n) is 1.37. The Bertz CT molecular complexity index is 51.1. The molecule has 0 spiro atoms. The van der Waals surface area contributed by atoms with E-state index in [1.165, 1.54) is 32.1 Å². The Labute approximate surface area is 52.3 Å². The molecule has 0 aromatic rings. The molecule has 0 bridgehead atoms. The summed E-state index contributed by atoms with van der Waals surface area (Å²) < 4.78 is 0. The fourth-order valence-corrected chi connectivity index (χ4v) is 1.37. The molecule has 46 valence electrons. The molecule has 0 heteroatoms. The van der Waals surface area contributed by atoms with Gasteiger partial charge in [-0.2, -0.15) is 0 Å². The van der Waals surface area contributed by atoms with Crippen molar-refractivity contribution in [3.63, 3.8) is 0 Å². The summed E-state index contributed by atoms with van der Waals surface area (Å²) in [5.41, 5.74) is 0. The van der Waals surface area contributed by atoms with Crippen LogP contribution in [0.25, 0.3) is 0 Å². The van der Waals surface area contributed by atoms with Gasteiger partial charge in [0.2, 0.25) is 0 Å². The number of hydrogen-bond acceptors (Lipinski definition) is 0. The molecule has 0 aromatic heterocycles. The second-order valence-electron chi connectivity index (χ2n) is 2.56. The Morgan fingerprint density at radius 2 is 1.88 bits per heavy atom. The zero-order valence-electron chi connectivity index (χ0n) is 5.45. The maximum Gasteiger partial charge on any atom is 0.0900 e. The van der Waals surface area contributed by atoms with E-state index in [9.17, 15) is 0 Å². The highest BCUT2D eigenvalue weighted by Crippen LogP contribution is 2.30. The van der Waals surface area contributed by atoms with E-state index in [1.807, 2.05) is 0 Å². The molecule has 0 saturated heterocycles. The van der Waals surface area contributed by atoms with Gasteiger partial charge in [0.15, 0.2) is 0 Å². The van der Waals surface area contributed by atoms with Crippen molar-refractivity contribution in [1.29, 1.82) is 0 Å². The van der Waals surface area contributed by atoms with E-state index in [-0.39, 0.29) is 0 Å². The summed E-state index contributed by atoms with van der Waals surface area (Å²) in [5.74, 6) is 1.76. The lowest BCUT2D eigenvalue weighted by Crippen LogP contribution is -1.86. The molecule has 1 fully saturated rings. The largest absolute Gasteiger partial charge is 0.339 e. The fraction of sp³-hybridized carbons (Fsp3) is 0.750. The molecule has 0 heterocycles. The van der Waals surface area contributed by atoms with Crippen molar-refractivity contribution < 1.29 is 0 Å². The zero-order valence-corrected chi connectivity index (χ0v) is 5.45. The summed E-state index contributed by atoms with van der Waals surface area (Å²) in [6.07, 6.45) is 8.07. The van der Waals surface area contributed by atoms with Crippen LogP contribution in [-0.4, -0.2) is 0 Å². The quantitative estimate of drug-likeness (QED) is 0.479. The molecule has 1 aliphatic carbocycles. The monoisotopic (exact) mass is 110 g/mol. The van der Waals surface area contributed by atoms with Crippen molar-refractivity contribution in [2.24, 2.45) is 0 Å². The van der Waals surface area contributed by atoms with Gasteiger partial charge in [-0.25, -0.2) is 0 Å². The third kappa shape index (κ3) is 1.43. The second-order valence-corrected chi connectivity index (χ2v) is 2.56. The van der Waals surface area contributed by atoms with Crippen molar-refractivity contribution in [3.05, 3.63) is 12.8 Å². The van der Waals surface area contributed by atoms with E-state index in [1.54, 1.807) is 5.92 Å². The summed E-state index contributed by atoms with van der Waals surface area (Å²) in [6, 6.07) is 0. The van der Waals surface area contributed by atoms with Crippen LogP contribution in [-0.2, 0) is 0 Å². The molecule has 1 rings (SSSR count). The first-order chi connectivity index (χ1) is 3.93.